The van der Waals surface area contributed by atoms with Crippen LogP contribution in [-0.4, -0.2) is 9.85 Å². The van der Waals surface area contributed by atoms with Gasteiger partial charge in [-0.05, 0) is 29.3 Å². The molecule has 0 aliphatic rings. The van der Waals surface area contributed by atoms with Gasteiger partial charge >= 0.3 is 0 Å². The van der Waals surface area contributed by atoms with Gasteiger partial charge in [0.2, 0.25) is 0 Å². The van der Waals surface area contributed by atoms with Crippen molar-refractivity contribution in [1.82, 2.24) is 0 Å². The van der Waals surface area contributed by atoms with Crippen molar-refractivity contribution in [3.63, 3.8) is 0 Å². The average molecular weight is 441 g/mol. The van der Waals surface area contributed by atoms with Gasteiger partial charge in [0.05, 0.1) is 27.0 Å². The van der Waals surface area contributed by atoms with Crippen LogP contribution in [0.4, 0.5) is 11.4 Å². The molecule has 3 aromatic carbocycles. The Morgan fingerprint density at radius 1 is 0.667 bits per heavy atom. The van der Waals surface area contributed by atoms with E-state index in [0.29, 0.717) is 11.1 Å². The highest BCUT2D eigenvalue weighted by molar-refractivity contribution is 6.51. The second-order valence-electron chi connectivity index (χ2n) is 6.20. The lowest BCUT2D eigenvalue weighted by Crippen LogP contribution is -1.98. The zero-order chi connectivity index (χ0) is 21.7. The monoisotopic (exact) mass is 440 g/mol. The zero-order valence-corrected chi connectivity index (χ0v) is 16.9. The lowest BCUT2D eigenvalue weighted by molar-refractivity contribution is -0.394. The molecule has 0 aliphatic heterocycles. The molecular formula is C22H14Cl2N2O4. The molecule has 0 unspecified atom stereocenters. The first-order valence-corrected chi connectivity index (χ1v) is 9.44. The summed E-state index contributed by atoms with van der Waals surface area (Å²) in [5, 5.41) is 23.6. The molecule has 0 bridgehead atoms. The maximum atomic E-state index is 11.5. The van der Waals surface area contributed by atoms with Crippen LogP contribution in [0.5, 0.6) is 0 Å². The lowest BCUT2D eigenvalue weighted by Gasteiger charge is -2.05. The van der Waals surface area contributed by atoms with Gasteiger partial charge in [-0.1, -0.05) is 83.9 Å². The van der Waals surface area contributed by atoms with Crippen molar-refractivity contribution in [3.8, 4) is 0 Å². The van der Waals surface area contributed by atoms with Crippen molar-refractivity contribution in [2.75, 3.05) is 0 Å². The molecule has 6 nitrogen and oxygen atoms in total. The zero-order valence-electron chi connectivity index (χ0n) is 15.4. The van der Waals surface area contributed by atoms with Crippen LogP contribution in [0.2, 0.25) is 0 Å². The molecule has 3 rings (SSSR count). The highest BCUT2D eigenvalue weighted by Gasteiger charge is 2.23. The van der Waals surface area contributed by atoms with E-state index in [1.54, 1.807) is 48.5 Å². The van der Waals surface area contributed by atoms with Crippen LogP contribution >= 0.6 is 23.2 Å². The number of rotatable bonds is 6. The standard InChI is InChI=1S/C22H14Cl2N2O4/c23-19(15-7-3-1-4-8-15)12-17-11-18(13-20(24)16-9-5-2-6-10-16)22(26(29)30)14-21(17)25(27)28/h1-14H/b19-12-,20-13+. The Balaban J connectivity index is 2.18. The summed E-state index contributed by atoms with van der Waals surface area (Å²) in [6.45, 7) is 0. The topological polar surface area (TPSA) is 86.3 Å². The fraction of sp³-hybridized carbons (Fsp3) is 0. The van der Waals surface area contributed by atoms with Crippen molar-refractivity contribution in [2.24, 2.45) is 0 Å². The number of nitro benzene ring substituents is 2. The number of benzene rings is 3. The number of hydrogen-bond acceptors (Lipinski definition) is 4. The van der Waals surface area contributed by atoms with Gasteiger partial charge in [0, 0.05) is 10.1 Å². The van der Waals surface area contributed by atoms with E-state index in [0.717, 1.165) is 6.07 Å². The molecular weight excluding hydrogens is 427 g/mol. The van der Waals surface area contributed by atoms with E-state index in [1.807, 2.05) is 12.1 Å². The van der Waals surface area contributed by atoms with E-state index in [-0.39, 0.29) is 21.2 Å². The largest absolute Gasteiger partial charge is 0.283 e. The van der Waals surface area contributed by atoms with Gasteiger partial charge in [-0.25, -0.2) is 0 Å². The summed E-state index contributed by atoms with van der Waals surface area (Å²) in [6.07, 6.45) is 2.82. The van der Waals surface area contributed by atoms with Crippen LogP contribution in [0.1, 0.15) is 22.3 Å². The molecule has 0 amide bonds. The first-order valence-electron chi connectivity index (χ1n) is 8.69. The van der Waals surface area contributed by atoms with Gasteiger partial charge in [0.25, 0.3) is 11.4 Å². The quantitative estimate of drug-likeness (QED) is 0.235. The maximum Gasteiger partial charge on any atom is 0.283 e. The van der Waals surface area contributed by atoms with Crippen molar-refractivity contribution in [1.29, 1.82) is 0 Å². The van der Waals surface area contributed by atoms with Gasteiger partial charge in [-0.2, -0.15) is 0 Å². The Morgan fingerprint density at radius 2 is 1.03 bits per heavy atom. The molecule has 0 spiro atoms. The van der Waals surface area contributed by atoms with Crippen LogP contribution in [0.3, 0.4) is 0 Å². The number of halogens is 2. The molecule has 3 aromatic rings. The molecule has 8 heteroatoms. The minimum atomic E-state index is -0.680. The van der Waals surface area contributed by atoms with E-state index in [1.165, 1.54) is 18.2 Å². The third-order valence-corrected chi connectivity index (χ3v) is 4.89. The molecule has 30 heavy (non-hydrogen) atoms. The minimum Gasteiger partial charge on any atom is -0.258 e. The van der Waals surface area contributed by atoms with E-state index >= 15 is 0 Å². The molecule has 0 atom stereocenters. The van der Waals surface area contributed by atoms with Crippen molar-refractivity contribution < 1.29 is 9.85 Å². The molecule has 0 saturated heterocycles. The van der Waals surface area contributed by atoms with Gasteiger partial charge in [0.15, 0.2) is 0 Å². The van der Waals surface area contributed by atoms with Gasteiger partial charge < -0.3 is 0 Å². The van der Waals surface area contributed by atoms with Crippen molar-refractivity contribution >= 4 is 56.8 Å². The summed E-state index contributed by atoms with van der Waals surface area (Å²) in [6, 6.07) is 20.0. The Morgan fingerprint density at radius 3 is 1.37 bits per heavy atom. The Labute approximate surface area is 182 Å². The molecule has 150 valence electrons. The first-order chi connectivity index (χ1) is 14.4. The third kappa shape index (κ3) is 4.92. The first kappa shape index (κ1) is 21.2. The van der Waals surface area contributed by atoms with Crippen LogP contribution in [0.15, 0.2) is 72.8 Å². The summed E-state index contributed by atoms with van der Waals surface area (Å²) in [4.78, 5) is 21.7. The summed E-state index contributed by atoms with van der Waals surface area (Å²) >= 11 is 12.7. The van der Waals surface area contributed by atoms with Crippen molar-refractivity contribution in [2.45, 2.75) is 0 Å². The SMILES string of the molecule is O=[N+]([O-])c1cc([N+](=O)[O-])c(/C=C(/Cl)c2ccccc2)cc1/C=C(\Cl)c1ccccc1. The Hall–Kier alpha value is -3.48. The number of nitro groups is 2. The normalized spacial score (nSPS) is 11.9. The maximum absolute atomic E-state index is 11.5. The van der Waals surface area contributed by atoms with Gasteiger partial charge in [0.1, 0.15) is 0 Å². The summed E-state index contributed by atoms with van der Waals surface area (Å²) in [5.74, 6) is 0. The third-order valence-electron chi connectivity index (χ3n) is 4.23. The van der Waals surface area contributed by atoms with Crippen LogP contribution < -0.4 is 0 Å². The summed E-state index contributed by atoms with van der Waals surface area (Å²) in [5.41, 5.74) is 0.719. The van der Waals surface area contributed by atoms with E-state index in [2.05, 4.69) is 0 Å². The molecule has 0 radical (unpaired) electrons. The predicted octanol–water partition coefficient (Wildman–Crippen LogP) is 6.98. The Kier molecular flexibility index (Phi) is 6.61. The number of nitrogens with zero attached hydrogens (tertiary/aromatic N) is 2. The fourth-order valence-corrected chi connectivity index (χ4v) is 3.28. The second kappa shape index (κ2) is 9.35. The van der Waals surface area contributed by atoms with Crippen molar-refractivity contribution in [3.05, 3.63) is 115 Å². The smallest absolute Gasteiger partial charge is 0.258 e. The van der Waals surface area contributed by atoms with Gasteiger partial charge in [-0.3, -0.25) is 20.2 Å². The molecule has 0 N–H and O–H groups in total. The fourth-order valence-electron chi connectivity index (χ4n) is 2.79. The predicted molar refractivity (Wildman–Crippen MR) is 120 cm³/mol. The highest BCUT2D eigenvalue weighted by atomic mass is 35.5. The summed E-state index contributed by atoms with van der Waals surface area (Å²) < 4.78 is 0. The highest BCUT2D eigenvalue weighted by Crippen LogP contribution is 2.35. The molecule has 0 aromatic heterocycles. The van der Waals surface area contributed by atoms with Crippen LogP contribution in [-0.2, 0) is 0 Å². The molecule has 0 aliphatic carbocycles. The van der Waals surface area contributed by atoms with E-state index in [9.17, 15) is 20.2 Å². The minimum absolute atomic E-state index is 0.128. The molecule has 0 saturated carbocycles. The second-order valence-corrected chi connectivity index (χ2v) is 7.02. The van der Waals surface area contributed by atoms with E-state index < -0.39 is 21.2 Å². The van der Waals surface area contributed by atoms with E-state index in [4.69, 9.17) is 23.2 Å². The van der Waals surface area contributed by atoms with Crippen LogP contribution in [0.25, 0.3) is 22.2 Å². The summed E-state index contributed by atoms with van der Waals surface area (Å²) in [7, 11) is 0. The number of hydrogen-bond donors (Lipinski definition) is 0. The lowest BCUT2D eigenvalue weighted by atomic mass is 10.0. The Bertz CT molecular complexity index is 1070. The van der Waals surface area contributed by atoms with Gasteiger partial charge in [-0.15, -0.1) is 0 Å². The van der Waals surface area contributed by atoms with Crippen LogP contribution in [0, 0.1) is 20.2 Å². The molecule has 0 fully saturated rings. The average Bonchev–Trinajstić information content (AvgIpc) is 2.74. The molecule has 0 heterocycles.